The number of carbonyl (C=O) groups excluding carboxylic acids is 1. The molecule has 3 aromatic rings. The Morgan fingerprint density at radius 1 is 1.08 bits per heavy atom. The van der Waals surface area contributed by atoms with Crippen LogP contribution >= 0.6 is 11.6 Å². The summed E-state index contributed by atoms with van der Waals surface area (Å²) in [5.74, 6) is 3.17. The van der Waals surface area contributed by atoms with Crippen LogP contribution in [0.15, 0.2) is 42.6 Å². The summed E-state index contributed by atoms with van der Waals surface area (Å²) in [5, 5.41) is 4.63. The van der Waals surface area contributed by atoms with E-state index in [1.807, 2.05) is 18.2 Å². The van der Waals surface area contributed by atoms with Gasteiger partial charge in [0, 0.05) is 29.4 Å². The van der Waals surface area contributed by atoms with Crippen molar-refractivity contribution in [3.8, 4) is 17.2 Å². The van der Waals surface area contributed by atoms with Gasteiger partial charge in [-0.1, -0.05) is 17.7 Å². The maximum absolute atomic E-state index is 12.2. The molecule has 1 saturated carbocycles. The predicted octanol–water partition coefficient (Wildman–Crippen LogP) is 6.91. The number of piperidine rings is 1. The second-order valence-corrected chi connectivity index (χ2v) is 10.2. The largest absolute Gasteiger partial charge is 0.505 e. The molecule has 0 atom stereocenters. The van der Waals surface area contributed by atoms with Gasteiger partial charge in [-0.15, -0.1) is 0 Å². The van der Waals surface area contributed by atoms with Gasteiger partial charge in [0.1, 0.15) is 23.0 Å². The first kappa shape index (κ1) is 24.5. The van der Waals surface area contributed by atoms with E-state index in [1.54, 1.807) is 24.4 Å². The summed E-state index contributed by atoms with van der Waals surface area (Å²) in [5.41, 5.74) is 1.95. The Bertz CT molecular complexity index is 1290. The zero-order valence-corrected chi connectivity index (χ0v) is 21.0. The number of hydrogen-bond donors (Lipinski definition) is 1. The highest BCUT2D eigenvalue weighted by Crippen LogP contribution is 2.38. The van der Waals surface area contributed by atoms with Crippen LogP contribution in [0.2, 0.25) is 5.02 Å². The average Bonchev–Trinajstić information content (AvgIpc) is 3.70. The van der Waals surface area contributed by atoms with E-state index >= 15 is 0 Å². The van der Waals surface area contributed by atoms with Gasteiger partial charge in [-0.3, -0.25) is 9.78 Å². The Balaban J connectivity index is 1.29. The fourth-order valence-electron chi connectivity index (χ4n) is 4.73. The molecular weight excluding hydrogens is 474 g/mol. The number of rotatable bonds is 10. The topological polar surface area (TPSA) is 64.8 Å². The molecule has 1 N–H and O–H groups in total. The maximum Gasteiger partial charge on any atom is 0.229 e. The first-order valence-electron chi connectivity index (χ1n) is 12.7. The first-order valence-corrected chi connectivity index (χ1v) is 13.1. The van der Waals surface area contributed by atoms with Crippen LogP contribution in [0.25, 0.3) is 15.7 Å². The number of benzene rings is 2. The van der Waals surface area contributed by atoms with E-state index in [1.165, 1.54) is 12.8 Å². The van der Waals surface area contributed by atoms with E-state index < -0.39 is 0 Å². The minimum absolute atomic E-state index is 0.230. The Morgan fingerprint density at radius 2 is 1.92 bits per heavy atom. The second kappa shape index (κ2) is 11.3. The van der Waals surface area contributed by atoms with Crippen molar-refractivity contribution < 1.29 is 14.3 Å². The molecule has 186 valence electrons. The lowest BCUT2D eigenvalue weighted by atomic mass is 9.95. The zero-order chi connectivity index (χ0) is 24.9. The summed E-state index contributed by atoms with van der Waals surface area (Å²) in [6.07, 6.45) is 8.31. The second-order valence-electron chi connectivity index (χ2n) is 9.81. The van der Waals surface area contributed by atoms with Crippen LogP contribution in [-0.2, 0) is 11.2 Å². The van der Waals surface area contributed by atoms with Crippen molar-refractivity contribution >= 4 is 34.0 Å². The van der Waals surface area contributed by atoms with E-state index in [-0.39, 0.29) is 5.78 Å². The quantitative estimate of drug-likeness (QED) is 0.304. The van der Waals surface area contributed by atoms with Gasteiger partial charge in [0.05, 0.1) is 18.7 Å². The first-order chi connectivity index (χ1) is 17.6. The molecule has 1 aromatic heterocycles. The third-order valence-electron chi connectivity index (χ3n) is 7.00. The standard InChI is InChI=1S/C29H30ClN3O3/c1-31-27-17-24-26(18-29(27)35-13-9-19-6-10-32-11-7-19)33-12-8-28(24)36-23-5-4-21(25(30)16-23)15-22(34)14-20-2-3-20/h4-5,8,12,16-20,32H,2-3,6-7,9-11,13-15H2. The molecule has 0 radical (unpaired) electrons. The summed E-state index contributed by atoms with van der Waals surface area (Å²) in [4.78, 5) is 20.4. The highest BCUT2D eigenvalue weighted by molar-refractivity contribution is 6.31. The van der Waals surface area contributed by atoms with Gasteiger partial charge in [0.25, 0.3) is 0 Å². The predicted molar refractivity (Wildman–Crippen MR) is 141 cm³/mol. The lowest BCUT2D eigenvalue weighted by Crippen LogP contribution is -2.28. The number of pyridine rings is 1. The van der Waals surface area contributed by atoms with E-state index in [2.05, 4.69) is 15.1 Å². The van der Waals surface area contributed by atoms with Gasteiger partial charge < -0.3 is 14.8 Å². The van der Waals surface area contributed by atoms with Crippen molar-refractivity contribution in [3.05, 3.63) is 64.6 Å². The fourth-order valence-corrected chi connectivity index (χ4v) is 4.96. The van der Waals surface area contributed by atoms with Gasteiger partial charge in [-0.25, -0.2) is 4.85 Å². The number of aromatic nitrogens is 1. The number of nitrogens with zero attached hydrogens (tertiary/aromatic N) is 2. The summed E-state index contributed by atoms with van der Waals surface area (Å²) in [6, 6.07) is 10.8. The van der Waals surface area contributed by atoms with Crippen molar-refractivity contribution in [2.24, 2.45) is 11.8 Å². The molecule has 0 bridgehead atoms. The van der Waals surface area contributed by atoms with Gasteiger partial charge in [-0.05, 0) is 92.9 Å². The molecule has 1 aliphatic carbocycles. The third-order valence-corrected chi connectivity index (χ3v) is 7.35. The lowest BCUT2D eigenvalue weighted by Gasteiger charge is -2.22. The van der Waals surface area contributed by atoms with Crippen LogP contribution in [-0.4, -0.2) is 30.5 Å². The molecule has 7 heteroatoms. The Hall–Kier alpha value is -3.14. The molecule has 1 aliphatic heterocycles. The molecule has 36 heavy (non-hydrogen) atoms. The van der Waals surface area contributed by atoms with Crippen molar-refractivity contribution in [2.45, 2.75) is 44.9 Å². The fraction of sp³-hybridized carbons (Fsp3) is 0.414. The van der Waals surface area contributed by atoms with Crippen LogP contribution in [0.4, 0.5) is 5.69 Å². The van der Waals surface area contributed by atoms with Gasteiger partial charge >= 0.3 is 0 Å². The number of ketones is 1. The summed E-state index contributed by atoms with van der Waals surface area (Å²) >= 11 is 6.48. The molecule has 2 aromatic carbocycles. The molecule has 0 amide bonds. The normalized spacial score (nSPS) is 16.0. The van der Waals surface area contributed by atoms with Gasteiger partial charge in [0.15, 0.2) is 0 Å². The Morgan fingerprint density at radius 3 is 2.67 bits per heavy atom. The van der Waals surface area contributed by atoms with Crippen LogP contribution in [0.1, 0.15) is 44.1 Å². The van der Waals surface area contributed by atoms with E-state index in [4.69, 9.17) is 27.6 Å². The SMILES string of the molecule is [C-]#[N+]c1cc2c(Oc3ccc(CC(=O)CC4CC4)c(Cl)c3)ccnc2cc1OCCC1CCNCC1. The third kappa shape index (κ3) is 6.16. The Kier molecular flexibility index (Phi) is 7.69. The monoisotopic (exact) mass is 503 g/mol. The van der Waals surface area contributed by atoms with Crippen molar-refractivity contribution in [3.63, 3.8) is 0 Å². The smallest absolute Gasteiger partial charge is 0.229 e. The number of Topliss-reactive ketones (excluding diaryl/α,β-unsaturated/α-hetero) is 1. The molecular formula is C29H30ClN3O3. The van der Waals surface area contributed by atoms with Crippen molar-refractivity contribution in [1.29, 1.82) is 0 Å². The summed E-state index contributed by atoms with van der Waals surface area (Å²) in [6.45, 7) is 10.4. The summed E-state index contributed by atoms with van der Waals surface area (Å²) in [7, 11) is 0. The van der Waals surface area contributed by atoms with E-state index in [0.717, 1.165) is 43.3 Å². The van der Waals surface area contributed by atoms with Crippen LogP contribution in [0.5, 0.6) is 17.2 Å². The molecule has 0 spiro atoms. The minimum atomic E-state index is 0.230. The number of ether oxygens (including phenoxy) is 2. The van der Waals surface area contributed by atoms with Crippen LogP contribution < -0.4 is 14.8 Å². The number of halogens is 1. The average molecular weight is 504 g/mol. The highest BCUT2D eigenvalue weighted by atomic mass is 35.5. The van der Waals surface area contributed by atoms with E-state index in [0.29, 0.717) is 64.8 Å². The lowest BCUT2D eigenvalue weighted by molar-refractivity contribution is -0.118. The molecule has 1 saturated heterocycles. The molecule has 5 rings (SSSR count). The molecule has 0 unspecified atom stereocenters. The number of hydrogen-bond acceptors (Lipinski definition) is 5. The maximum atomic E-state index is 12.2. The highest BCUT2D eigenvalue weighted by Gasteiger charge is 2.24. The number of nitrogens with one attached hydrogen (secondary N) is 1. The minimum Gasteiger partial charge on any atom is -0.505 e. The van der Waals surface area contributed by atoms with Crippen molar-refractivity contribution in [1.82, 2.24) is 10.3 Å². The Labute approximate surface area is 216 Å². The van der Waals surface area contributed by atoms with Crippen molar-refractivity contribution in [2.75, 3.05) is 19.7 Å². The van der Waals surface area contributed by atoms with Gasteiger partial charge in [-0.2, -0.15) is 0 Å². The molecule has 2 fully saturated rings. The van der Waals surface area contributed by atoms with E-state index in [9.17, 15) is 4.79 Å². The molecule has 2 heterocycles. The molecule has 6 nitrogen and oxygen atoms in total. The van der Waals surface area contributed by atoms with Crippen LogP contribution in [0.3, 0.4) is 0 Å². The zero-order valence-electron chi connectivity index (χ0n) is 20.3. The number of carbonyl (C=O) groups is 1. The summed E-state index contributed by atoms with van der Waals surface area (Å²) < 4.78 is 12.2. The van der Waals surface area contributed by atoms with Crippen LogP contribution in [0, 0.1) is 18.4 Å². The molecule has 2 aliphatic rings. The van der Waals surface area contributed by atoms with Gasteiger partial charge in [0.2, 0.25) is 5.69 Å². The number of fused-ring (bicyclic) bond motifs is 1.